The van der Waals surface area contributed by atoms with Crippen LogP contribution in [-0.2, 0) is 11.2 Å². The molecular formula is C15H17ClFN3OS. The van der Waals surface area contributed by atoms with Crippen LogP contribution in [0.15, 0.2) is 18.2 Å². The summed E-state index contributed by atoms with van der Waals surface area (Å²) in [6.07, 6.45) is 1.95. The van der Waals surface area contributed by atoms with E-state index >= 15 is 0 Å². The second-order valence-electron chi connectivity index (χ2n) is 5.06. The van der Waals surface area contributed by atoms with Crippen molar-refractivity contribution in [2.24, 2.45) is 0 Å². The van der Waals surface area contributed by atoms with Gasteiger partial charge in [-0.25, -0.2) is 4.39 Å². The zero-order chi connectivity index (χ0) is 16.1. The molecule has 1 amide bonds. The lowest BCUT2D eigenvalue weighted by molar-refractivity contribution is -0.115. The number of carbonyl (C=O) groups excluding carboxylic acids is 1. The van der Waals surface area contributed by atoms with Gasteiger partial charge in [0.1, 0.15) is 10.8 Å². The third-order valence-corrected chi connectivity index (χ3v) is 4.65. The van der Waals surface area contributed by atoms with Gasteiger partial charge in [-0.2, -0.15) is 0 Å². The van der Waals surface area contributed by atoms with Crippen molar-refractivity contribution in [1.82, 2.24) is 10.2 Å². The first kappa shape index (κ1) is 16.8. The van der Waals surface area contributed by atoms with Gasteiger partial charge in [0, 0.05) is 16.5 Å². The van der Waals surface area contributed by atoms with Gasteiger partial charge in [0.05, 0.1) is 6.42 Å². The van der Waals surface area contributed by atoms with E-state index in [9.17, 15) is 9.18 Å². The van der Waals surface area contributed by atoms with Gasteiger partial charge in [-0.1, -0.05) is 49.3 Å². The van der Waals surface area contributed by atoms with Crippen LogP contribution in [0.1, 0.15) is 43.2 Å². The zero-order valence-electron chi connectivity index (χ0n) is 12.4. The van der Waals surface area contributed by atoms with Crippen molar-refractivity contribution in [3.63, 3.8) is 0 Å². The molecule has 0 spiro atoms. The molecule has 118 valence electrons. The number of halogens is 2. The zero-order valence-corrected chi connectivity index (χ0v) is 14.0. The maximum Gasteiger partial charge on any atom is 0.230 e. The second-order valence-corrected chi connectivity index (χ2v) is 6.48. The van der Waals surface area contributed by atoms with E-state index in [4.69, 9.17) is 11.6 Å². The Morgan fingerprint density at radius 2 is 2.23 bits per heavy atom. The predicted molar refractivity (Wildman–Crippen MR) is 87.0 cm³/mol. The molecule has 0 bridgehead atoms. The fourth-order valence-electron chi connectivity index (χ4n) is 2.07. The number of nitrogens with zero attached hydrogens (tertiary/aromatic N) is 2. The van der Waals surface area contributed by atoms with E-state index in [0.29, 0.717) is 11.0 Å². The average molecular weight is 342 g/mol. The van der Waals surface area contributed by atoms with Crippen LogP contribution in [0, 0.1) is 5.82 Å². The van der Waals surface area contributed by atoms with Gasteiger partial charge in [-0.3, -0.25) is 4.79 Å². The summed E-state index contributed by atoms with van der Waals surface area (Å²) in [7, 11) is 0. The van der Waals surface area contributed by atoms with Crippen LogP contribution < -0.4 is 5.32 Å². The van der Waals surface area contributed by atoms with Gasteiger partial charge in [-0.05, 0) is 18.6 Å². The first-order valence-electron chi connectivity index (χ1n) is 7.07. The molecule has 7 heteroatoms. The smallest absolute Gasteiger partial charge is 0.230 e. The molecule has 0 aliphatic rings. The molecule has 0 saturated carbocycles. The second kappa shape index (κ2) is 7.65. The number of aromatic nitrogens is 2. The molecule has 2 rings (SSSR count). The molecule has 22 heavy (non-hydrogen) atoms. The molecule has 0 aliphatic heterocycles. The fraction of sp³-hybridized carbons (Fsp3) is 0.400. The molecule has 0 fully saturated rings. The fourth-order valence-corrected chi connectivity index (χ4v) is 3.14. The summed E-state index contributed by atoms with van der Waals surface area (Å²) >= 11 is 7.26. The van der Waals surface area contributed by atoms with E-state index in [2.05, 4.69) is 29.4 Å². The quantitative estimate of drug-likeness (QED) is 0.846. The Labute approximate surface area is 137 Å². The topological polar surface area (TPSA) is 54.9 Å². The van der Waals surface area contributed by atoms with Gasteiger partial charge >= 0.3 is 0 Å². The summed E-state index contributed by atoms with van der Waals surface area (Å²) in [4.78, 5) is 12.0. The molecule has 0 unspecified atom stereocenters. The van der Waals surface area contributed by atoms with Gasteiger partial charge in [-0.15, -0.1) is 10.2 Å². The number of amides is 1. The molecular weight excluding hydrogens is 325 g/mol. The van der Waals surface area contributed by atoms with Gasteiger partial charge in [0.2, 0.25) is 11.0 Å². The van der Waals surface area contributed by atoms with E-state index in [0.717, 1.165) is 17.8 Å². The lowest BCUT2D eigenvalue weighted by atomic mass is 10.1. The summed E-state index contributed by atoms with van der Waals surface area (Å²) in [5.74, 6) is -0.538. The Kier molecular flexibility index (Phi) is 5.85. The van der Waals surface area contributed by atoms with Crippen molar-refractivity contribution in [2.45, 2.75) is 39.0 Å². The maximum atomic E-state index is 13.7. The van der Waals surface area contributed by atoms with Gasteiger partial charge < -0.3 is 5.32 Å². The summed E-state index contributed by atoms with van der Waals surface area (Å²) in [6, 6.07) is 4.35. The Balaban J connectivity index is 2.01. The molecule has 1 aromatic carbocycles. The van der Waals surface area contributed by atoms with Gasteiger partial charge in [0.15, 0.2) is 0 Å². The number of rotatable bonds is 6. The SMILES string of the molecule is CCC[C@@H](C)c1nnc(NC(=O)Cc2c(F)cccc2Cl)s1. The average Bonchev–Trinajstić information content (AvgIpc) is 2.92. The first-order chi connectivity index (χ1) is 10.5. The summed E-state index contributed by atoms with van der Waals surface area (Å²) in [6.45, 7) is 4.19. The Bertz CT molecular complexity index is 642. The van der Waals surface area contributed by atoms with Crippen LogP contribution in [0.4, 0.5) is 9.52 Å². The van der Waals surface area contributed by atoms with Crippen LogP contribution in [0.5, 0.6) is 0 Å². The highest BCUT2D eigenvalue weighted by atomic mass is 35.5. The number of benzene rings is 1. The van der Waals surface area contributed by atoms with E-state index in [1.807, 2.05) is 0 Å². The standard InChI is InChI=1S/C15H17ClFN3OS/c1-3-5-9(2)14-19-20-15(22-14)18-13(21)8-10-11(16)6-4-7-12(10)17/h4,6-7,9H,3,5,8H2,1-2H3,(H,18,20,21)/t9-/m1/s1. The van der Waals surface area contributed by atoms with E-state index < -0.39 is 5.82 Å². The molecule has 1 atom stereocenters. The maximum absolute atomic E-state index is 13.7. The third-order valence-electron chi connectivity index (χ3n) is 3.23. The van der Waals surface area contributed by atoms with Gasteiger partial charge in [0.25, 0.3) is 0 Å². The summed E-state index contributed by atoms with van der Waals surface area (Å²) in [5.41, 5.74) is 0.186. The Morgan fingerprint density at radius 3 is 2.91 bits per heavy atom. The van der Waals surface area contributed by atoms with Crippen LogP contribution >= 0.6 is 22.9 Å². The molecule has 0 aliphatic carbocycles. The number of carbonyl (C=O) groups is 1. The molecule has 2 aromatic rings. The monoisotopic (exact) mass is 341 g/mol. The number of anilines is 1. The van der Waals surface area contributed by atoms with E-state index in [1.54, 1.807) is 6.07 Å². The number of hydrogen-bond acceptors (Lipinski definition) is 4. The Hall–Kier alpha value is -1.53. The normalized spacial score (nSPS) is 12.2. The minimum Gasteiger partial charge on any atom is -0.300 e. The largest absolute Gasteiger partial charge is 0.300 e. The number of hydrogen-bond donors (Lipinski definition) is 1. The van der Waals surface area contributed by atoms with Crippen molar-refractivity contribution in [3.05, 3.63) is 39.6 Å². The van der Waals surface area contributed by atoms with Crippen molar-refractivity contribution < 1.29 is 9.18 Å². The third kappa shape index (κ3) is 4.24. The highest BCUT2D eigenvalue weighted by Crippen LogP contribution is 2.26. The van der Waals surface area contributed by atoms with Crippen molar-refractivity contribution in [3.8, 4) is 0 Å². The molecule has 0 radical (unpaired) electrons. The molecule has 4 nitrogen and oxygen atoms in total. The van der Waals surface area contributed by atoms with Crippen molar-refractivity contribution in [2.75, 3.05) is 5.32 Å². The highest BCUT2D eigenvalue weighted by molar-refractivity contribution is 7.15. The molecule has 1 N–H and O–H groups in total. The summed E-state index contributed by atoms with van der Waals surface area (Å²) < 4.78 is 13.7. The minimum atomic E-state index is -0.489. The Morgan fingerprint density at radius 1 is 1.45 bits per heavy atom. The molecule has 1 heterocycles. The first-order valence-corrected chi connectivity index (χ1v) is 8.26. The van der Waals surface area contributed by atoms with E-state index in [-0.39, 0.29) is 22.9 Å². The lowest BCUT2D eigenvalue weighted by Crippen LogP contribution is -2.15. The van der Waals surface area contributed by atoms with Crippen molar-refractivity contribution >= 4 is 34.0 Å². The molecule has 0 saturated heterocycles. The lowest BCUT2D eigenvalue weighted by Gasteiger charge is -2.05. The van der Waals surface area contributed by atoms with Crippen molar-refractivity contribution in [1.29, 1.82) is 0 Å². The summed E-state index contributed by atoms with van der Waals surface area (Å²) in [5, 5.41) is 12.2. The number of nitrogens with one attached hydrogen (secondary N) is 1. The molecule has 1 aromatic heterocycles. The highest BCUT2D eigenvalue weighted by Gasteiger charge is 2.15. The van der Waals surface area contributed by atoms with Crippen LogP contribution in [0.2, 0.25) is 5.02 Å². The van der Waals surface area contributed by atoms with Crippen LogP contribution in [0.3, 0.4) is 0 Å². The van der Waals surface area contributed by atoms with Crippen LogP contribution in [-0.4, -0.2) is 16.1 Å². The van der Waals surface area contributed by atoms with E-state index in [1.165, 1.54) is 23.5 Å². The van der Waals surface area contributed by atoms with Crippen LogP contribution in [0.25, 0.3) is 0 Å². The predicted octanol–water partition coefficient (Wildman–Crippen LogP) is 4.42. The minimum absolute atomic E-state index is 0.134.